The van der Waals surface area contributed by atoms with E-state index in [0.717, 1.165) is 16.8 Å². The molecule has 2 N–H and O–H groups in total. The molecule has 0 unspecified atom stereocenters. The number of halogens is 2. The number of hydrogen-bond donors (Lipinski definition) is 2. The van der Waals surface area contributed by atoms with Crippen LogP contribution in [0.4, 0.5) is 5.69 Å². The van der Waals surface area contributed by atoms with E-state index in [9.17, 15) is 9.59 Å². The topological polar surface area (TPSA) is 88.9 Å². The number of carbonyl (C=O) groups excluding carboxylic acids is 2. The lowest BCUT2D eigenvalue weighted by atomic mass is 10.1. The molecule has 1 atom stereocenters. The molecule has 0 saturated carbocycles. The minimum absolute atomic E-state index is 0.148. The lowest BCUT2D eigenvalue weighted by molar-refractivity contribution is -0.113. The van der Waals surface area contributed by atoms with Crippen molar-refractivity contribution < 1.29 is 9.59 Å². The lowest BCUT2D eigenvalue weighted by Crippen LogP contribution is -2.29. The van der Waals surface area contributed by atoms with Gasteiger partial charge in [-0.2, -0.15) is 0 Å². The number of anilines is 1. The van der Waals surface area contributed by atoms with Crippen molar-refractivity contribution in [1.82, 2.24) is 20.1 Å². The zero-order chi connectivity index (χ0) is 24.8. The van der Waals surface area contributed by atoms with Crippen LogP contribution in [0.25, 0.3) is 0 Å². The first kappa shape index (κ1) is 25.8. The Hall–Kier alpha value is -2.81. The van der Waals surface area contributed by atoms with Gasteiger partial charge >= 0.3 is 0 Å². The van der Waals surface area contributed by atoms with E-state index in [2.05, 4.69) is 27.4 Å². The van der Waals surface area contributed by atoms with Gasteiger partial charge in [0.1, 0.15) is 0 Å². The summed E-state index contributed by atoms with van der Waals surface area (Å²) in [6, 6.07) is 10.1. The average Bonchev–Trinajstić information content (AvgIpc) is 3.17. The van der Waals surface area contributed by atoms with Crippen LogP contribution in [0.3, 0.4) is 0 Å². The van der Waals surface area contributed by atoms with E-state index in [1.165, 1.54) is 17.8 Å². The summed E-state index contributed by atoms with van der Waals surface area (Å²) < 4.78 is 1.82. The third kappa shape index (κ3) is 6.40. The number of benzene rings is 2. The predicted molar refractivity (Wildman–Crippen MR) is 138 cm³/mol. The first-order valence-corrected chi connectivity index (χ1v) is 12.2. The molecule has 0 saturated heterocycles. The summed E-state index contributed by atoms with van der Waals surface area (Å²) >= 11 is 13.3. The van der Waals surface area contributed by atoms with Crippen molar-refractivity contribution in [3.05, 3.63) is 81.6 Å². The molecule has 0 aliphatic carbocycles. The van der Waals surface area contributed by atoms with Crippen molar-refractivity contribution in [2.75, 3.05) is 11.1 Å². The molecule has 3 aromatic rings. The Bertz CT molecular complexity index is 1230. The molecule has 2 amide bonds. The Kier molecular flexibility index (Phi) is 8.77. The van der Waals surface area contributed by atoms with Crippen LogP contribution in [0.1, 0.15) is 40.3 Å². The molecule has 0 aliphatic heterocycles. The van der Waals surface area contributed by atoms with E-state index >= 15 is 0 Å². The Morgan fingerprint density at radius 1 is 1.18 bits per heavy atom. The molecule has 1 heterocycles. The van der Waals surface area contributed by atoms with Crippen LogP contribution in [-0.4, -0.2) is 32.3 Å². The molecule has 0 radical (unpaired) electrons. The Balaban J connectivity index is 1.68. The largest absolute Gasteiger partial charge is 0.342 e. The second-order valence-electron chi connectivity index (χ2n) is 7.71. The molecule has 0 spiro atoms. The van der Waals surface area contributed by atoms with Crippen molar-refractivity contribution in [2.24, 2.45) is 0 Å². The van der Waals surface area contributed by atoms with Crippen molar-refractivity contribution in [3.8, 4) is 0 Å². The molecule has 2 aromatic carbocycles. The van der Waals surface area contributed by atoms with E-state index in [1.807, 2.05) is 36.6 Å². The molecule has 34 heavy (non-hydrogen) atoms. The van der Waals surface area contributed by atoms with Crippen LogP contribution >= 0.6 is 35.0 Å². The summed E-state index contributed by atoms with van der Waals surface area (Å²) in [5, 5.41) is 15.5. The molecule has 0 fully saturated rings. The van der Waals surface area contributed by atoms with Crippen LogP contribution in [0.15, 0.2) is 54.2 Å². The van der Waals surface area contributed by atoms with Gasteiger partial charge in [-0.25, -0.2) is 0 Å². The molecule has 3 rings (SSSR count). The predicted octanol–water partition coefficient (Wildman–Crippen LogP) is 5.61. The van der Waals surface area contributed by atoms with E-state index < -0.39 is 6.04 Å². The number of aryl methyl sites for hydroxylation is 2. The fourth-order valence-corrected chi connectivity index (χ4v) is 4.56. The molecule has 7 nitrogen and oxygen atoms in total. The number of nitrogens with zero attached hydrogens (tertiary/aromatic N) is 3. The van der Waals surface area contributed by atoms with Crippen molar-refractivity contribution in [2.45, 2.75) is 38.5 Å². The van der Waals surface area contributed by atoms with Gasteiger partial charge in [-0.15, -0.1) is 16.8 Å². The number of nitrogens with one attached hydrogen (secondary N) is 2. The van der Waals surface area contributed by atoms with E-state index in [1.54, 1.807) is 25.1 Å². The van der Waals surface area contributed by atoms with Gasteiger partial charge in [-0.1, -0.05) is 58.7 Å². The van der Waals surface area contributed by atoms with E-state index in [0.29, 0.717) is 28.1 Å². The first-order valence-electron chi connectivity index (χ1n) is 10.5. The number of aromatic nitrogens is 3. The van der Waals surface area contributed by atoms with Gasteiger partial charge in [-0.3, -0.25) is 9.59 Å². The molecule has 0 bridgehead atoms. The zero-order valence-electron chi connectivity index (χ0n) is 19.1. The number of amides is 2. The molecule has 0 aliphatic rings. The smallest absolute Gasteiger partial charge is 0.253 e. The summed E-state index contributed by atoms with van der Waals surface area (Å²) in [5.41, 5.74) is 3.22. The second kappa shape index (κ2) is 11.6. The number of carbonyl (C=O) groups is 2. The molecule has 10 heteroatoms. The normalized spacial score (nSPS) is 11.7. The fourth-order valence-electron chi connectivity index (χ4n) is 3.31. The first-order chi connectivity index (χ1) is 16.2. The molecule has 1 aromatic heterocycles. The number of allylic oxidation sites excluding steroid dienone is 1. The molecular weight excluding hydrogens is 493 g/mol. The maximum atomic E-state index is 12.7. The van der Waals surface area contributed by atoms with E-state index in [-0.39, 0.29) is 22.6 Å². The van der Waals surface area contributed by atoms with Crippen molar-refractivity contribution in [1.29, 1.82) is 0 Å². The van der Waals surface area contributed by atoms with Gasteiger partial charge < -0.3 is 15.2 Å². The SMILES string of the molecule is C=CCn1c(SCC(=O)Nc2ccc(C)cc2C)nnc1[C@@H](C)NC(=O)c1ccc(Cl)cc1Cl. The minimum atomic E-state index is -0.468. The van der Waals surface area contributed by atoms with Gasteiger partial charge in [0.2, 0.25) is 5.91 Å². The highest BCUT2D eigenvalue weighted by Gasteiger charge is 2.21. The minimum Gasteiger partial charge on any atom is -0.342 e. The van der Waals surface area contributed by atoms with Crippen molar-refractivity contribution >= 4 is 52.5 Å². The van der Waals surface area contributed by atoms with Gasteiger partial charge in [0.05, 0.1) is 22.4 Å². The van der Waals surface area contributed by atoms with Crippen LogP contribution in [0.5, 0.6) is 0 Å². The highest BCUT2D eigenvalue weighted by Crippen LogP contribution is 2.24. The van der Waals surface area contributed by atoms with E-state index in [4.69, 9.17) is 23.2 Å². The summed E-state index contributed by atoms with van der Waals surface area (Å²) in [6.07, 6.45) is 1.71. The Labute approximate surface area is 212 Å². The van der Waals surface area contributed by atoms with Gasteiger partial charge in [-0.05, 0) is 50.6 Å². The Morgan fingerprint density at radius 3 is 2.62 bits per heavy atom. The van der Waals surface area contributed by atoms with Gasteiger partial charge in [0.25, 0.3) is 5.91 Å². The van der Waals surface area contributed by atoms with Gasteiger partial charge in [0.15, 0.2) is 11.0 Å². The van der Waals surface area contributed by atoms with Crippen molar-refractivity contribution in [3.63, 3.8) is 0 Å². The fraction of sp³-hybridized carbons (Fsp3) is 0.250. The average molecular weight is 518 g/mol. The quantitative estimate of drug-likeness (QED) is 0.284. The number of hydrogen-bond acceptors (Lipinski definition) is 5. The highest BCUT2D eigenvalue weighted by molar-refractivity contribution is 7.99. The maximum absolute atomic E-state index is 12.7. The molecule has 178 valence electrons. The van der Waals surface area contributed by atoms with Crippen LogP contribution in [0.2, 0.25) is 10.0 Å². The standard InChI is InChI=1S/C24H25Cl2N5O2S/c1-5-10-31-22(16(4)27-23(33)18-8-7-17(25)12-19(18)26)29-30-24(31)34-13-21(32)28-20-9-6-14(2)11-15(20)3/h5-9,11-12,16H,1,10,13H2,2-4H3,(H,27,33)(H,28,32)/t16-/m1/s1. The van der Waals surface area contributed by atoms with Crippen LogP contribution in [0, 0.1) is 13.8 Å². The van der Waals surface area contributed by atoms with Crippen LogP contribution in [-0.2, 0) is 11.3 Å². The Morgan fingerprint density at radius 2 is 1.94 bits per heavy atom. The summed E-state index contributed by atoms with van der Waals surface area (Å²) in [4.78, 5) is 25.2. The monoisotopic (exact) mass is 517 g/mol. The van der Waals surface area contributed by atoms with Gasteiger partial charge in [0, 0.05) is 17.3 Å². The second-order valence-corrected chi connectivity index (χ2v) is 9.50. The number of thioether (sulfide) groups is 1. The lowest BCUT2D eigenvalue weighted by Gasteiger charge is -2.16. The zero-order valence-corrected chi connectivity index (χ0v) is 21.4. The summed E-state index contributed by atoms with van der Waals surface area (Å²) in [5.74, 6) is 0.189. The number of rotatable bonds is 9. The highest BCUT2D eigenvalue weighted by atomic mass is 35.5. The molecular formula is C24H25Cl2N5O2S. The summed E-state index contributed by atoms with van der Waals surface area (Å²) in [6.45, 7) is 9.97. The third-order valence-electron chi connectivity index (χ3n) is 4.96. The third-order valence-corrected chi connectivity index (χ3v) is 6.47. The summed E-state index contributed by atoms with van der Waals surface area (Å²) in [7, 11) is 0. The maximum Gasteiger partial charge on any atom is 0.253 e. The van der Waals surface area contributed by atoms with Crippen LogP contribution < -0.4 is 10.6 Å².